The maximum Gasteiger partial charge on any atom is 0.312 e. The van der Waals surface area contributed by atoms with Crippen LogP contribution in [0.15, 0.2) is 0 Å². The summed E-state index contributed by atoms with van der Waals surface area (Å²) in [4.78, 5) is 28.4. The predicted octanol–water partition coefficient (Wildman–Crippen LogP) is -1.69. The number of rotatable bonds is 8. The molecule has 2 fully saturated rings. The molecule has 0 N–H and O–H groups in total. The van der Waals surface area contributed by atoms with Crippen LogP contribution in [-0.2, 0) is 38.7 Å². The summed E-state index contributed by atoms with van der Waals surface area (Å²) in [5.74, 6) is -2.11. The van der Waals surface area contributed by atoms with Crippen molar-refractivity contribution < 1.29 is 35.9 Å². The van der Waals surface area contributed by atoms with E-state index in [-0.39, 0.29) is 62.2 Å². The van der Waals surface area contributed by atoms with Gasteiger partial charge in [0.05, 0.1) is 36.2 Å². The molecule has 28 heavy (non-hydrogen) atoms. The van der Waals surface area contributed by atoms with Gasteiger partial charge in [-0.1, -0.05) is 0 Å². The second-order valence-electron chi connectivity index (χ2n) is 7.10. The summed E-state index contributed by atoms with van der Waals surface area (Å²) in [7, 11) is -3.60. The highest BCUT2D eigenvalue weighted by atomic mass is 32.2. The number of hydrogen-bond donors (Lipinski definition) is 0. The Balaban J connectivity index is 2.20. The molecule has 0 spiro atoms. The molecular formula is C16H28N2O8S2. The van der Waals surface area contributed by atoms with E-state index < -0.39 is 43.6 Å². The molecule has 2 rings (SSSR count). The summed E-state index contributed by atoms with van der Waals surface area (Å²) in [5.41, 5.74) is 0. The van der Waals surface area contributed by atoms with Gasteiger partial charge in [0.25, 0.3) is 0 Å². The number of hydrogen-bond acceptors (Lipinski definition) is 8. The van der Waals surface area contributed by atoms with Crippen molar-refractivity contribution in [1.82, 2.24) is 9.80 Å². The third-order valence-corrected chi connectivity index (χ3v) is 8.58. The minimum atomic E-state index is -3.25. The lowest BCUT2D eigenvalue weighted by Crippen LogP contribution is -2.54. The minimum absolute atomic E-state index is 0.0309. The van der Waals surface area contributed by atoms with Crippen LogP contribution in [-0.4, -0.2) is 114 Å². The Morgan fingerprint density at radius 3 is 1.39 bits per heavy atom. The molecule has 0 radical (unpaired) electrons. The molecule has 162 valence electrons. The minimum Gasteiger partial charge on any atom is -0.383 e. The zero-order valence-corrected chi connectivity index (χ0v) is 17.8. The van der Waals surface area contributed by atoms with E-state index >= 15 is 0 Å². The molecule has 12 heteroatoms. The van der Waals surface area contributed by atoms with Gasteiger partial charge in [-0.2, -0.15) is 0 Å². The van der Waals surface area contributed by atoms with E-state index in [1.54, 1.807) is 0 Å². The largest absolute Gasteiger partial charge is 0.383 e. The first-order valence-electron chi connectivity index (χ1n) is 9.10. The monoisotopic (exact) mass is 440 g/mol. The maximum atomic E-state index is 13.0. The second kappa shape index (κ2) is 9.51. The van der Waals surface area contributed by atoms with Gasteiger partial charge in [0.15, 0.2) is 19.7 Å². The van der Waals surface area contributed by atoms with Crippen molar-refractivity contribution in [1.29, 1.82) is 0 Å². The van der Waals surface area contributed by atoms with E-state index in [0.29, 0.717) is 0 Å². The van der Waals surface area contributed by atoms with Crippen molar-refractivity contribution in [2.45, 2.75) is 24.9 Å². The van der Waals surface area contributed by atoms with Crippen LogP contribution >= 0.6 is 0 Å². The Bertz CT molecular complexity index is 714. The van der Waals surface area contributed by atoms with Crippen molar-refractivity contribution >= 4 is 31.5 Å². The Kier molecular flexibility index (Phi) is 7.82. The zero-order chi connectivity index (χ0) is 20.9. The van der Waals surface area contributed by atoms with Gasteiger partial charge in [0.2, 0.25) is 0 Å². The Morgan fingerprint density at radius 1 is 0.786 bits per heavy atom. The van der Waals surface area contributed by atoms with E-state index in [9.17, 15) is 26.4 Å². The SMILES string of the molecule is COCCN(C(=O)C(=O)N(CCOC)C1CCS(=O)(=O)C1)C1CCS(=O)(=O)C1. The van der Waals surface area contributed by atoms with Gasteiger partial charge in [-0.25, -0.2) is 16.8 Å². The van der Waals surface area contributed by atoms with E-state index in [1.807, 2.05) is 0 Å². The smallest absolute Gasteiger partial charge is 0.312 e. The molecule has 0 saturated carbocycles. The molecule has 0 bridgehead atoms. The topological polar surface area (TPSA) is 127 Å². The number of ether oxygens (including phenoxy) is 2. The summed E-state index contributed by atoms with van der Waals surface area (Å²) in [5, 5.41) is 0. The van der Waals surface area contributed by atoms with Crippen LogP contribution in [0.2, 0.25) is 0 Å². The van der Waals surface area contributed by atoms with Crippen molar-refractivity contribution in [3.05, 3.63) is 0 Å². The van der Waals surface area contributed by atoms with E-state index in [2.05, 4.69) is 0 Å². The molecular weight excluding hydrogens is 412 g/mol. The summed E-state index contributed by atoms with van der Waals surface area (Å²) < 4.78 is 57.3. The van der Waals surface area contributed by atoms with Crippen LogP contribution in [0.25, 0.3) is 0 Å². The van der Waals surface area contributed by atoms with Crippen molar-refractivity contribution in [3.63, 3.8) is 0 Å². The lowest BCUT2D eigenvalue weighted by Gasteiger charge is -2.32. The first-order valence-corrected chi connectivity index (χ1v) is 12.7. The van der Waals surface area contributed by atoms with Gasteiger partial charge >= 0.3 is 11.8 Å². The highest BCUT2D eigenvalue weighted by molar-refractivity contribution is 7.91. The number of sulfone groups is 2. The van der Waals surface area contributed by atoms with Gasteiger partial charge in [-0.3, -0.25) is 9.59 Å². The van der Waals surface area contributed by atoms with Crippen LogP contribution in [0.4, 0.5) is 0 Å². The van der Waals surface area contributed by atoms with Crippen LogP contribution in [0.5, 0.6) is 0 Å². The van der Waals surface area contributed by atoms with Gasteiger partial charge in [-0.05, 0) is 12.8 Å². The van der Waals surface area contributed by atoms with Crippen LogP contribution in [0, 0.1) is 0 Å². The highest BCUT2D eigenvalue weighted by Crippen LogP contribution is 2.21. The van der Waals surface area contributed by atoms with Crippen molar-refractivity contribution in [2.75, 3.05) is 63.5 Å². The third-order valence-electron chi connectivity index (χ3n) is 5.08. The molecule has 0 aliphatic carbocycles. The average Bonchev–Trinajstić information content (AvgIpc) is 3.16. The normalized spacial score (nSPS) is 25.5. The Labute approximate surface area is 166 Å². The molecule has 2 heterocycles. The fourth-order valence-electron chi connectivity index (χ4n) is 3.57. The number of amides is 2. The summed E-state index contributed by atoms with van der Waals surface area (Å²) >= 11 is 0. The molecule has 2 aliphatic heterocycles. The molecule has 0 aromatic rings. The van der Waals surface area contributed by atoms with Gasteiger partial charge in [0.1, 0.15) is 0 Å². The Morgan fingerprint density at radius 2 is 1.14 bits per heavy atom. The molecule has 0 aromatic heterocycles. The molecule has 2 aliphatic rings. The second-order valence-corrected chi connectivity index (χ2v) is 11.6. The molecule has 2 unspecified atom stereocenters. The number of methoxy groups -OCH3 is 2. The lowest BCUT2D eigenvalue weighted by molar-refractivity contribution is -0.154. The quantitative estimate of drug-likeness (QED) is 0.409. The van der Waals surface area contributed by atoms with E-state index in [0.717, 1.165) is 0 Å². The van der Waals surface area contributed by atoms with Crippen molar-refractivity contribution in [3.8, 4) is 0 Å². The van der Waals surface area contributed by atoms with Crippen LogP contribution < -0.4 is 0 Å². The summed E-state index contributed by atoms with van der Waals surface area (Å²) in [6.45, 7) is 0.488. The summed E-state index contributed by atoms with van der Waals surface area (Å²) in [6, 6.07) is -1.18. The van der Waals surface area contributed by atoms with Crippen LogP contribution in [0.1, 0.15) is 12.8 Å². The number of nitrogens with zero attached hydrogens (tertiary/aromatic N) is 2. The van der Waals surface area contributed by atoms with Gasteiger partial charge in [0, 0.05) is 39.4 Å². The predicted molar refractivity (Wildman–Crippen MR) is 101 cm³/mol. The molecule has 2 atom stereocenters. The van der Waals surface area contributed by atoms with Gasteiger partial charge in [-0.15, -0.1) is 0 Å². The third kappa shape index (κ3) is 5.88. The standard InChI is InChI=1S/C16H28N2O8S2/c1-25-7-5-17(13-3-9-27(21,22)11-13)15(19)16(20)18(6-8-26-2)14-4-10-28(23,24)12-14/h13-14H,3-12H2,1-2H3. The zero-order valence-electron chi connectivity index (χ0n) is 16.2. The van der Waals surface area contributed by atoms with Crippen LogP contribution in [0.3, 0.4) is 0 Å². The Hall–Kier alpha value is -1.24. The summed E-state index contributed by atoms with van der Waals surface area (Å²) in [6.07, 6.45) is 0.530. The fourth-order valence-corrected chi connectivity index (χ4v) is 7.03. The first-order chi connectivity index (χ1) is 13.1. The maximum absolute atomic E-state index is 13.0. The van der Waals surface area contributed by atoms with Crippen molar-refractivity contribution in [2.24, 2.45) is 0 Å². The van der Waals surface area contributed by atoms with E-state index in [1.165, 1.54) is 24.0 Å². The van der Waals surface area contributed by atoms with E-state index in [4.69, 9.17) is 9.47 Å². The number of carbonyl (C=O) groups excluding carboxylic acids is 2. The molecule has 0 aromatic carbocycles. The van der Waals surface area contributed by atoms with Gasteiger partial charge < -0.3 is 19.3 Å². The highest BCUT2D eigenvalue weighted by Gasteiger charge is 2.41. The molecule has 2 saturated heterocycles. The average molecular weight is 441 g/mol. The molecule has 10 nitrogen and oxygen atoms in total. The first kappa shape index (κ1) is 23.0. The molecule has 2 amide bonds. The lowest BCUT2D eigenvalue weighted by atomic mass is 10.2. The number of carbonyl (C=O) groups is 2. The fraction of sp³-hybridized carbons (Fsp3) is 0.875.